The van der Waals surface area contributed by atoms with Crippen molar-refractivity contribution in [3.8, 4) is 22.7 Å². The molecule has 0 saturated heterocycles. The lowest BCUT2D eigenvalue weighted by Crippen LogP contribution is -2.22. The van der Waals surface area contributed by atoms with Gasteiger partial charge >= 0.3 is 0 Å². The van der Waals surface area contributed by atoms with Gasteiger partial charge in [0.15, 0.2) is 0 Å². The van der Waals surface area contributed by atoms with Gasteiger partial charge in [0.2, 0.25) is 0 Å². The molecule has 0 aliphatic carbocycles. The Kier molecular flexibility index (Phi) is 6.12. The third-order valence-corrected chi connectivity index (χ3v) is 5.12. The molecule has 4 rings (SSSR count). The zero-order valence-electron chi connectivity index (χ0n) is 18.2. The SMILES string of the molecule is COc1ccc(-c2cc(C(=O)NN=C(C)c3ccc(C)cc3)n(-c3ccccc3)n2)cc1. The number of rotatable bonds is 6. The summed E-state index contributed by atoms with van der Waals surface area (Å²) in [6.07, 6.45) is 0. The number of carbonyl (C=O) groups excluding carboxylic acids is 1. The number of para-hydroxylation sites is 1. The van der Waals surface area contributed by atoms with Crippen LogP contribution in [0.5, 0.6) is 5.75 Å². The van der Waals surface area contributed by atoms with Crippen molar-refractivity contribution in [1.29, 1.82) is 0 Å². The first-order chi connectivity index (χ1) is 15.5. The highest BCUT2D eigenvalue weighted by atomic mass is 16.5. The van der Waals surface area contributed by atoms with Gasteiger partial charge in [-0.3, -0.25) is 4.79 Å². The molecule has 0 fully saturated rings. The van der Waals surface area contributed by atoms with Crippen molar-refractivity contribution in [1.82, 2.24) is 15.2 Å². The fourth-order valence-electron chi connectivity index (χ4n) is 3.26. The second-order valence-electron chi connectivity index (χ2n) is 7.39. The molecule has 0 spiro atoms. The van der Waals surface area contributed by atoms with Crippen LogP contribution in [0.4, 0.5) is 0 Å². The summed E-state index contributed by atoms with van der Waals surface area (Å²) in [6, 6.07) is 26.9. The van der Waals surface area contributed by atoms with Crippen LogP contribution < -0.4 is 10.2 Å². The number of methoxy groups -OCH3 is 1. The second-order valence-corrected chi connectivity index (χ2v) is 7.39. The number of hydrogen-bond donors (Lipinski definition) is 1. The molecule has 1 N–H and O–H groups in total. The average molecular weight is 425 g/mol. The Balaban J connectivity index is 1.66. The highest BCUT2D eigenvalue weighted by Gasteiger charge is 2.17. The minimum Gasteiger partial charge on any atom is -0.497 e. The lowest BCUT2D eigenvalue weighted by Gasteiger charge is -2.07. The predicted octanol–water partition coefficient (Wildman–Crippen LogP) is 5.01. The molecular formula is C26H24N4O2. The molecule has 4 aromatic rings. The highest BCUT2D eigenvalue weighted by molar-refractivity contribution is 6.00. The van der Waals surface area contributed by atoms with E-state index in [0.717, 1.165) is 28.3 Å². The third kappa shape index (κ3) is 4.59. The molecule has 32 heavy (non-hydrogen) atoms. The smallest absolute Gasteiger partial charge is 0.290 e. The van der Waals surface area contributed by atoms with Gasteiger partial charge in [0.05, 0.1) is 24.2 Å². The molecule has 3 aromatic carbocycles. The van der Waals surface area contributed by atoms with E-state index in [4.69, 9.17) is 4.74 Å². The zero-order valence-corrected chi connectivity index (χ0v) is 18.2. The maximum atomic E-state index is 13.1. The van der Waals surface area contributed by atoms with Crippen LogP contribution in [-0.4, -0.2) is 28.5 Å². The maximum absolute atomic E-state index is 13.1. The van der Waals surface area contributed by atoms with Crippen LogP contribution in [0.1, 0.15) is 28.5 Å². The molecule has 0 saturated carbocycles. The van der Waals surface area contributed by atoms with E-state index < -0.39 is 0 Å². The number of benzene rings is 3. The molecule has 1 amide bonds. The molecule has 160 valence electrons. The van der Waals surface area contributed by atoms with Crippen LogP contribution in [0.2, 0.25) is 0 Å². The van der Waals surface area contributed by atoms with Gasteiger partial charge in [0, 0.05) is 5.56 Å². The van der Waals surface area contributed by atoms with E-state index in [1.807, 2.05) is 92.7 Å². The van der Waals surface area contributed by atoms with Crippen molar-refractivity contribution in [2.75, 3.05) is 7.11 Å². The van der Waals surface area contributed by atoms with Crippen LogP contribution in [0.3, 0.4) is 0 Å². The van der Waals surface area contributed by atoms with Crippen molar-refractivity contribution in [3.05, 3.63) is 102 Å². The van der Waals surface area contributed by atoms with Gasteiger partial charge in [-0.1, -0.05) is 48.0 Å². The van der Waals surface area contributed by atoms with Gasteiger partial charge in [-0.25, -0.2) is 10.1 Å². The van der Waals surface area contributed by atoms with Gasteiger partial charge in [0.25, 0.3) is 5.91 Å². The van der Waals surface area contributed by atoms with Gasteiger partial charge in [-0.15, -0.1) is 0 Å². The van der Waals surface area contributed by atoms with Gasteiger partial charge in [-0.05, 0) is 61.9 Å². The van der Waals surface area contributed by atoms with Gasteiger partial charge in [-0.2, -0.15) is 10.2 Å². The Morgan fingerprint density at radius 3 is 2.31 bits per heavy atom. The number of nitrogens with zero attached hydrogens (tertiary/aromatic N) is 3. The van der Waals surface area contributed by atoms with Crippen LogP contribution in [0.15, 0.2) is 90.0 Å². The lowest BCUT2D eigenvalue weighted by molar-refractivity contribution is 0.0947. The van der Waals surface area contributed by atoms with E-state index >= 15 is 0 Å². The highest BCUT2D eigenvalue weighted by Crippen LogP contribution is 2.24. The summed E-state index contributed by atoms with van der Waals surface area (Å²) in [5, 5.41) is 8.99. The van der Waals surface area contributed by atoms with E-state index in [2.05, 4.69) is 15.6 Å². The molecule has 0 atom stereocenters. The predicted molar refractivity (Wildman–Crippen MR) is 126 cm³/mol. The average Bonchev–Trinajstić information content (AvgIpc) is 3.29. The van der Waals surface area contributed by atoms with Crippen LogP contribution in [0, 0.1) is 6.92 Å². The fraction of sp³-hybridized carbons (Fsp3) is 0.115. The first-order valence-corrected chi connectivity index (χ1v) is 10.3. The van der Waals surface area contributed by atoms with E-state index in [-0.39, 0.29) is 5.91 Å². The van der Waals surface area contributed by atoms with Crippen LogP contribution in [0.25, 0.3) is 16.9 Å². The first-order valence-electron chi connectivity index (χ1n) is 10.3. The first kappa shape index (κ1) is 21.1. The number of hydrogen-bond acceptors (Lipinski definition) is 4. The van der Waals surface area contributed by atoms with E-state index in [1.165, 1.54) is 5.56 Å². The zero-order chi connectivity index (χ0) is 22.5. The number of nitrogens with one attached hydrogen (secondary N) is 1. The summed E-state index contributed by atoms with van der Waals surface area (Å²) in [5.41, 5.74) is 8.26. The molecule has 0 bridgehead atoms. The number of aryl methyl sites for hydroxylation is 1. The standard InChI is InChI=1S/C26H24N4O2/c1-18-9-11-20(12-10-18)19(2)27-28-26(31)25-17-24(21-13-15-23(32-3)16-14-21)29-30(25)22-7-5-4-6-8-22/h4-17H,1-3H3,(H,28,31). The summed E-state index contributed by atoms with van der Waals surface area (Å²) >= 11 is 0. The maximum Gasteiger partial charge on any atom is 0.290 e. The lowest BCUT2D eigenvalue weighted by atomic mass is 10.1. The Morgan fingerprint density at radius 2 is 1.66 bits per heavy atom. The van der Waals surface area contributed by atoms with E-state index in [1.54, 1.807) is 17.9 Å². The largest absolute Gasteiger partial charge is 0.497 e. The summed E-state index contributed by atoms with van der Waals surface area (Å²) in [4.78, 5) is 13.1. The van der Waals surface area contributed by atoms with E-state index in [0.29, 0.717) is 11.4 Å². The molecule has 0 radical (unpaired) electrons. The van der Waals surface area contributed by atoms with Crippen molar-refractivity contribution < 1.29 is 9.53 Å². The van der Waals surface area contributed by atoms with Crippen LogP contribution >= 0.6 is 0 Å². The van der Waals surface area contributed by atoms with E-state index in [9.17, 15) is 4.79 Å². The van der Waals surface area contributed by atoms with Crippen molar-refractivity contribution in [2.24, 2.45) is 5.10 Å². The Hall–Kier alpha value is -4.19. The van der Waals surface area contributed by atoms with Gasteiger partial charge < -0.3 is 4.74 Å². The molecular weight excluding hydrogens is 400 g/mol. The molecule has 0 unspecified atom stereocenters. The Labute approximate surface area is 187 Å². The fourth-order valence-corrected chi connectivity index (χ4v) is 3.26. The third-order valence-electron chi connectivity index (χ3n) is 5.12. The molecule has 0 aliphatic heterocycles. The normalized spacial score (nSPS) is 11.3. The van der Waals surface area contributed by atoms with Crippen molar-refractivity contribution >= 4 is 11.6 Å². The molecule has 6 nitrogen and oxygen atoms in total. The molecule has 1 heterocycles. The summed E-state index contributed by atoms with van der Waals surface area (Å²) in [6.45, 7) is 3.89. The Morgan fingerprint density at radius 1 is 0.969 bits per heavy atom. The van der Waals surface area contributed by atoms with Crippen LogP contribution in [-0.2, 0) is 0 Å². The molecule has 0 aliphatic rings. The summed E-state index contributed by atoms with van der Waals surface area (Å²) in [7, 11) is 1.63. The molecule has 6 heteroatoms. The number of carbonyl (C=O) groups is 1. The molecule has 1 aromatic heterocycles. The number of aromatic nitrogens is 2. The minimum absolute atomic E-state index is 0.340. The number of amides is 1. The monoisotopic (exact) mass is 424 g/mol. The quantitative estimate of drug-likeness (QED) is 0.349. The number of ether oxygens (including phenoxy) is 1. The van der Waals surface area contributed by atoms with Gasteiger partial charge in [0.1, 0.15) is 11.4 Å². The topological polar surface area (TPSA) is 68.5 Å². The summed E-state index contributed by atoms with van der Waals surface area (Å²) in [5.74, 6) is 0.419. The second kappa shape index (κ2) is 9.31. The Bertz CT molecular complexity index is 1240. The minimum atomic E-state index is -0.340. The summed E-state index contributed by atoms with van der Waals surface area (Å²) < 4.78 is 6.86. The number of hydrazone groups is 1. The van der Waals surface area contributed by atoms with Crippen molar-refractivity contribution in [3.63, 3.8) is 0 Å². The van der Waals surface area contributed by atoms with Crippen molar-refractivity contribution in [2.45, 2.75) is 13.8 Å².